The number of rotatable bonds is 1. The number of anilines is 1. The molecule has 1 aromatic rings. The molecule has 5 rings (SSSR count). The Bertz CT molecular complexity index is 830. The molecule has 2 amide bonds. The normalized spacial score (nSPS) is 26.4. The first-order valence-corrected chi connectivity index (χ1v) is 7.18. The number of hydrogen-bond donors (Lipinski definition) is 0. The number of carbonyl (C=O) groups is 3. The maximum Gasteiger partial charge on any atom is 0.261 e. The Hall–Kier alpha value is -2.44. The minimum absolute atomic E-state index is 0.103. The topological polar surface area (TPSA) is 54.5 Å². The van der Waals surface area contributed by atoms with E-state index in [1.54, 1.807) is 0 Å². The fourth-order valence-electron chi connectivity index (χ4n) is 3.78. The lowest BCUT2D eigenvalue weighted by Crippen LogP contribution is -2.38. The van der Waals surface area contributed by atoms with E-state index in [-0.39, 0.29) is 17.8 Å². The van der Waals surface area contributed by atoms with Crippen molar-refractivity contribution in [2.75, 3.05) is 4.90 Å². The van der Waals surface area contributed by atoms with Crippen LogP contribution < -0.4 is 4.90 Å². The second-order valence-electron chi connectivity index (χ2n) is 5.96. The van der Waals surface area contributed by atoms with Crippen molar-refractivity contribution < 1.29 is 27.6 Å². The summed E-state index contributed by atoms with van der Waals surface area (Å²) >= 11 is 0. The number of imide groups is 1. The smallest absolute Gasteiger partial charge is 0.261 e. The number of allylic oxidation sites excluding steroid dienone is 1. The maximum atomic E-state index is 14.0. The summed E-state index contributed by atoms with van der Waals surface area (Å²) in [5.74, 6) is -7.82. The first kappa shape index (κ1) is 14.2. The first-order chi connectivity index (χ1) is 10.9. The van der Waals surface area contributed by atoms with E-state index in [0.717, 1.165) is 6.07 Å². The average molecular weight is 321 g/mol. The molecule has 0 aromatic heterocycles. The van der Waals surface area contributed by atoms with E-state index < -0.39 is 46.8 Å². The number of nitrogens with zero attached hydrogens (tertiary/aromatic N) is 1. The third kappa shape index (κ3) is 1.70. The first-order valence-electron chi connectivity index (χ1n) is 7.18. The van der Waals surface area contributed by atoms with Crippen molar-refractivity contribution in [3.8, 4) is 0 Å². The molecule has 4 aliphatic rings. The Balaban J connectivity index is 1.87. The number of Topliss-reactive ketones (excluding diaryl/α,β-unsaturated/α-hetero) is 1. The van der Waals surface area contributed by atoms with Gasteiger partial charge in [0.15, 0.2) is 17.5 Å². The van der Waals surface area contributed by atoms with Crippen LogP contribution in [0.5, 0.6) is 0 Å². The van der Waals surface area contributed by atoms with Crippen LogP contribution in [0.3, 0.4) is 0 Å². The quantitative estimate of drug-likeness (QED) is 0.589. The van der Waals surface area contributed by atoms with Crippen molar-refractivity contribution in [1.82, 2.24) is 0 Å². The molecule has 7 heteroatoms. The molecule has 1 aromatic carbocycles. The Kier molecular flexibility index (Phi) is 2.79. The molecule has 118 valence electrons. The number of amides is 2. The van der Waals surface area contributed by atoms with Crippen molar-refractivity contribution in [1.29, 1.82) is 0 Å². The van der Waals surface area contributed by atoms with Gasteiger partial charge in [-0.3, -0.25) is 14.4 Å². The van der Waals surface area contributed by atoms with Crippen LogP contribution >= 0.6 is 0 Å². The molecule has 1 saturated carbocycles. The number of hydrogen-bond acceptors (Lipinski definition) is 3. The van der Waals surface area contributed by atoms with Crippen LogP contribution in [0.1, 0.15) is 19.3 Å². The summed E-state index contributed by atoms with van der Waals surface area (Å²) in [6.45, 7) is 0. The van der Waals surface area contributed by atoms with E-state index >= 15 is 0 Å². The third-order valence-corrected chi connectivity index (χ3v) is 4.83. The number of ketones is 1. The van der Waals surface area contributed by atoms with E-state index in [1.165, 1.54) is 0 Å². The molecule has 1 heterocycles. The monoisotopic (exact) mass is 321 g/mol. The van der Waals surface area contributed by atoms with Crippen LogP contribution in [0.15, 0.2) is 23.3 Å². The standard InChI is InChI=1S/C16H10F3NO3/c17-8-3-4-9(14(19)13(8)18)20-15(22)11-6-1-2-7(10(21)5-6)12(11)16(20)23/h3-4,7,12H,1-2,5H2. The molecule has 2 fully saturated rings. The van der Waals surface area contributed by atoms with Crippen LogP contribution in [-0.4, -0.2) is 17.6 Å². The largest absolute Gasteiger partial charge is 0.299 e. The van der Waals surface area contributed by atoms with Crippen molar-refractivity contribution >= 4 is 23.3 Å². The van der Waals surface area contributed by atoms with E-state index in [9.17, 15) is 27.6 Å². The van der Waals surface area contributed by atoms with Crippen LogP contribution in [0, 0.1) is 29.3 Å². The van der Waals surface area contributed by atoms with Crippen LogP contribution in [0.4, 0.5) is 18.9 Å². The van der Waals surface area contributed by atoms with Crippen molar-refractivity contribution in [3.63, 3.8) is 0 Å². The minimum atomic E-state index is -1.74. The van der Waals surface area contributed by atoms with Gasteiger partial charge in [0.25, 0.3) is 5.91 Å². The highest BCUT2D eigenvalue weighted by Crippen LogP contribution is 2.48. The SMILES string of the molecule is O=C1CC2=C3C(=O)N(c4ccc(F)c(F)c4F)C(=O)C3C1CC2. The second kappa shape index (κ2) is 4.53. The van der Waals surface area contributed by atoms with Crippen molar-refractivity contribution in [2.24, 2.45) is 11.8 Å². The lowest BCUT2D eigenvalue weighted by molar-refractivity contribution is -0.131. The zero-order chi connectivity index (χ0) is 16.5. The molecule has 1 aliphatic heterocycles. The summed E-state index contributed by atoms with van der Waals surface area (Å²) in [5.41, 5.74) is 0.217. The lowest BCUT2D eigenvalue weighted by atomic mass is 9.67. The van der Waals surface area contributed by atoms with Gasteiger partial charge < -0.3 is 0 Å². The summed E-state index contributed by atoms with van der Waals surface area (Å²) in [7, 11) is 0. The van der Waals surface area contributed by atoms with Gasteiger partial charge in [-0.05, 0) is 25.0 Å². The van der Waals surface area contributed by atoms with Gasteiger partial charge in [0.2, 0.25) is 5.91 Å². The zero-order valence-electron chi connectivity index (χ0n) is 11.7. The summed E-state index contributed by atoms with van der Waals surface area (Å²) < 4.78 is 40.5. The van der Waals surface area contributed by atoms with Gasteiger partial charge in [0, 0.05) is 17.9 Å². The van der Waals surface area contributed by atoms with Crippen molar-refractivity contribution in [2.45, 2.75) is 19.3 Å². The van der Waals surface area contributed by atoms with Crippen LogP contribution in [-0.2, 0) is 14.4 Å². The fourth-order valence-corrected chi connectivity index (χ4v) is 3.78. The molecule has 3 aliphatic carbocycles. The van der Waals surface area contributed by atoms with Gasteiger partial charge in [-0.25, -0.2) is 18.1 Å². The molecular weight excluding hydrogens is 311 g/mol. The zero-order valence-corrected chi connectivity index (χ0v) is 11.7. The molecule has 23 heavy (non-hydrogen) atoms. The molecule has 0 spiro atoms. The lowest BCUT2D eigenvalue weighted by Gasteiger charge is -2.33. The van der Waals surface area contributed by atoms with E-state index in [0.29, 0.717) is 29.4 Å². The van der Waals surface area contributed by atoms with Gasteiger partial charge in [-0.1, -0.05) is 5.57 Å². The van der Waals surface area contributed by atoms with E-state index in [4.69, 9.17) is 0 Å². The Labute approximate surface area is 128 Å². The van der Waals surface area contributed by atoms with Crippen LogP contribution in [0.25, 0.3) is 0 Å². The second-order valence-corrected chi connectivity index (χ2v) is 5.96. The van der Waals surface area contributed by atoms with Gasteiger partial charge in [-0.2, -0.15) is 0 Å². The van der Waals surface area contributed by atoms with E-state index in [2.05, 4.69) is 0 Å². The Morgan fingerprint density at radius 3 is 2.48 bits per heavy atom. The van der Waals surface area contributed by atoms with Crippen molar-refractivity contribution in [3.05, 3.63) is 40.7 Å². The molecule has 2 atom stereocenters. The maximum absolute atomic E-state index is 14.0. The predicted molar refractivity (Wildman–Crippen MR) is 71.7 cm³/mol. The third-order valence-electron chi connectivity index (χ3n) is 4.83. The number of carbonyl (C=O) groups excluding carboxylic acids is 3. The molecule has 4 nitrogen and oxygen atoms in total. The molecule has 1 saturated heterocycles. The number of fused-ring (bicyclic) bond motifs is 2. The predicted octanol–water partition coefficient (Wildman–Crippen LogP) is 2.27. The minimum Gasteiger partial charge on any atom is -0.299 e. The van der Waals surface area contributed by atoms with Gasteiger partial charge in [0.1, 0.15) is 5.78 Å². The van der Waals surface area contributed by atoms with Crippen LogP contribution in [0.2, 0.25) is 0 Å². The Morgan fingerprint density at radius 1 is 1.04 bits per heavy atom. The summed E-state index contributed by atoms with van der Waals surface area (Å²) in [6, 6.07) is 1.52. The number of halogens is 3. The summed E-state index contributed by atoms with van der Waals surface area (Å²) in [6.07, 6.45) is 1.16. The molecular formula is C16H10F3NO3. The summed E-state index contributed by atoms with van der Waals surface area (Å²) in [4.78, 5) is 37.6. The molecule has 2 bridgehead atoms. The van der Waals surface area contributed by atoms with Gasteiger partial charge >= 0.3 is 0 Å². The molecule has 0 radical (unpaired) electrons. The Morgan fingerprint density at radius 2 is 1.78 bits per heavy atom. The highest BCUT2D eigenvalue weighted by atomic mass is 19.2. The fraction of sp³-hybridized carbons (Fsp3) is 0.312. The highest BCUT2D eigenvalue weighted by molar-refractivity contribution is 6.31. The highest BCUT2D eigenvalue weighted by Gasteiger charge is 2.55. The number of benzene rings is 1. The van der Waals surface area contributed by atoms with E-state index in [1.807, 2.05) is 0 Å². The van der Waals surface area contributed by atoms with Gasteiger partial charge in [-0.15, -0.1) is 0 Å². The molecule has 2 unspecified atom stereocenters. The summed E-state index contributed by atoms with van der Waals surface area (Å²) in [5, 5.41) is 0. The molecule has 0 N–H and O–H groups in total. The van der Waals surface area contributed by atoms with Gasteiger partial charge in [0.05, 0.1) is 11.6 Å². The average Bonchev–Trinajstić information content (AvgIpc) is 2.80.